The number of aromatic nitrogens is 2. The molecule has 2 saturated carbocycles. The molecule has 1 aromatic carbocycles. The van der Waals surface area contributed by atoms with Gasteiger partial charge in [-0.25, -0.2) is 4.98 Å². The van der Waals surface area contributed by atoms with Gasteiger partial charge in [0.05, 0.1) is 5.52 Å². The Labute approximate surface area is 169 Å². The minimum absolute atomic E-state index is 0.476. The molecule has 2 fully saturated rings. The molecule has 0 aliphatic heterocycles. The Hall–Kier alpha value is -1.88. The van der Waals surface area contributed by atoms with Gasteiger partial charge in [0.2, 0.25) is 5.95 Å². The molecule has 4 rings (SSSR count). The van der Waals surface area contributed by atoms with Crippen LogP contribution in [0.4, 0.5) is 11.8 Å². The zero-order valence-electron chi connectivity index (χ0n) is 17.5. The van der Waals surface area contributed by atoms with Crippen molar-refractivity contribution in [3.05, 3.63) is 24.3 Å². The van der Waals surface area contributed by atoms with Crippen molar-refractivity contribution in [2.24, 2.45) is 5.92 Å². The summed E-state index contributed by atoms with van der Waals surface area (Å²) in [5.74, 6) is 2.73. The number of hydrogen-bond acceptors (Lipinski definition) is 5. The van der Waals surface area contributed by atoms with Gasteiger partial charge in [-0.1, -0.05) is 37.8 Å². The van der Waals surface area contributed by atoms with Crippen LogP contribution in [0.2, 0.25) is 0 Å². The van der Waals surface area contributed by atoms with Gasteiger partial charge < -0.3 is 15.5 Å². The molecule has 2 aromatic rings. The van der Waals surface area contributed by atoms with Crippen LogP contribution >= 0.6 is 0 Å². The van der Waals surface area contributed by atoms with Gasteiger partial charge in [0.25, 0.3) is 0 Å². The highest BCUT2D eigenvalue weighted by Crippen LogP contribution is 2.28. The quantitative estimate of drug-likeness (QED) is 0.735. The first-order chi connectivity index (χ1) is 13.7. The van der Waals surface area contributed by atoms with E-state index < -0.39 is 0 Å². The Morgan fingerprint density at radius 1 is 0.929 bits per heavy atom. The molecule has 2 N–H and O–H groups in total. The van der Waals surface area contributed by atoms with Crippen molar-refractivity contribution < 1.29 is 0 Å². The fourth-order valence-electron chi connectivity index (χ4n) is 4.88. The standard InChI is InChI=1S/C23H35N5/c1-28(2)22-20-9-5-6-10-21(20)26-23(27-22)25-19-13-11-18(12-14-19)24-16-15-17-7-3-4-8-17/h5-6,9-10,17-19,24H,3-4,7-8,11-16H2,1-2H3,(H,25,26,27). The van der Waals surface area contributed by atoms with Crippen LogP contribution in [-0.4, -0.2) is 42.7 Å². The summed E-state index contributed by atoms with van der Waals surface area (Å²) >= 11 is 0. The third-order valence-corrected chi connectivity index (χ3v) is 6.53. The number of anilines is 2. The molecule has 0 spiro atoms. The maximum Gasteiger partial charge on any atom is 0.225 e. The van der Waals surface area contributed by atoms with Crippen LogP contribution in [0.3, 0.4) is 0 Å². The molecule has 0 saturated heterocycles. The van der Waals surface area contributed by atoms with Crippen molar-refractivity contribution in [2.45, 2.75) is 69.9 Å². The fourth-order valence-corrected chi connectivity index (χ4v) is 4.88. The molecule has 0 bridgehead atoms. The molecular formula is C23H35N5. The van der Waals surface area contributed by atoms with Crippen LogP contribution in [0.1, 0.15) is 57.8 Å². The van der Waals surface area contributed by atoms with E-state index in [4.69, 9.17) is 9.97 Å². The molecule has 0 atom stereocenters. The van der Waals surface area contributed by atoms with Crippen LogP contribution in [0, 0.1) is 5.92 Å². The molecule has 5 nitrogen and oxygen atoms in total. The lowest BCUT2D eigenvalue weighted by molar-refractivity contribution is 0.341. The van der Waals surface area contributed by atoms with E-state index in [0.717, 1.165) is 28.6 Å². The Kier molecular flexibility index (Phi) is 6.30. The second kappa shape index (κ2) is 9.08. The van der Waals surface area contributed by atoms with Crippen molar-refractivity contribution in [3.63, 3.8) is 0 Å². The molecule has 2 aliphatic rings. The van der Waals surface area contributed by atoms with Gasteiger partial charge in [-0.05, 0) is 56.7 Å². The summed E-state index contributed by atoms with van der Waals surface area (Å²) < 4.78 is 0. The highest BCUT2D eigenvalue weighted by atomic mass is 15.2. The van der Waals surface area contributed by atoms with Crippen molar-refractivity contribution in [2.75, 3.05) is 30.9 Å². The molecule has 1 heterocycles. The number of nitrogens with zero attached hydrogens (tertiary/aromatic N) is 3. The second-order valence-corrected chi connectivity index (χ2v) is 8.87. The summed E-state index contributed by atoms with van der Waals surface area (Å²) in [7, 11) is 4.09. The van der Waals surface area contributed by atoms with E-state index in [0.29, 0.717) is 12.1 Å². The van der Waals surface area contributed by atoms with Crippen molar-refractivity contribution in [3.8, 4) is 0 Å². The molecule has 28 heavy (non-hydrogen) atoms. The van der Waals surface area contributed by atoms with Gasteiger partial charge in [-0.2, -0.15) is 4.98 Å². The average molecular weight is 382 g/mol. The lowest BCUT2D eigenvalue weighted by atomic mass is 9.91. The number of fused-ring (bicyclic) bond motifs is 1. The number of rotatable bonds is 7. The predicted molar refractivity (Wildman–Crippen MR) is 118 cm³/mol. The van der Waals surface area contributed by atoms with Gasteiger partial charge in [-0.15, -0.1) is 0 Å². The van der Waals surface area contributed by atoms with E-state index in [1.54, 1.807) is 0 Å². The lowest BCUT2D eigenvalue weighted by Crippen LogP contribution is -2.38. The minimum Gasteiger partial charge on any atom is -0.362 e. The Morgan fingerprint density at radius 2 is 1.64 bits per heavy atom. The number of benzene rings is 1. The van der Waals surface area contributed by atoms with Gasteiger partial charge >= 0.3 is 0 Å². The van der Waals surface area contributed by atoms with Gasteiger partial charge in [0, 0.05) is 31.6 Å². The molecule has 1 aromatic heterocycles. The van der Waals surface area contributed by atoms with E-state index >= 15 is 0 Å². The number of hydrogen-bond donors (Lipinski definition) is 2. The molecule has 152 valence electrons. The first-order valence-corrected chi connectivity index (χ1v) is 11.1. The Balaban J connectivity index is 1.29. The molecular weight excluding hydrogens is 346 g/mol. The molecule has 2 aliphatic carbocycles. The molecule has 5 heteroatoms. The molecule has 0 radical (unpaired) electrons. The first kappa shape index (κ1) is 19.4. The zero-order valence-corrected chi connectivity index (χ0v) is 17.5. The van der Waals surface area contributed by atoms with Crippen molar-refractivity contribution in [1.82, 2.24) is 15.3 Å². The topological polar surface area (TPSA) is 53.1 Å². The maximum absolute atomic E-state index is 4.80. The highest BCUT2D eigenvalue weighted by molar-refractivity contribution is 5.90. The van der Waals surface area contributed by atoms with Crippen LogP contribution in [0.15, 0.2) is 24.3 Å². The van der Waals surface area contributed by atoms with Gasteiger partial charge in [0.1, 0.15) is 5.82 Å². The molecule has 0 unspecified atom stereocenters. The van der Waals surface area contributed by atoms with Crippen LogP contribution < -0.4 is 15.5 Å². The van der Waals surface area contributed by atoms with Crippen LogP contribution in [0.25, 0.3) is 10.9 Å². The zero-order chi connectivity index (χ0) is 19.3. The van der Waals surface area contributed by atoms with E-state index in [9.17, 15) is 0 Å². The van der Waals surface area contributed by atoms with Gasteiger partial charge in [-0.3, -0.25) is 0 Å². The van der Waals surface area contributed by atoms with E-state index in [2.05, 4.69) is 27.7 Å². The number of nitrogens with one attached hydrogen (secondary N) is 2. The van der Waals surface area contributed by atoms with Crippen molar-refractivity contribution >= 4 is 22.7 Å². The van der Waals surface area contributed by atoms with Crippen LogP contribution in [-0.2, 0) is 0 Å². The summed E-state index contributed by atoms with van der Waals surface area (Å²) in [4.78, 5) is 11.6. The average Bonchev–Trinajstić information content (AvgIpc) is 3.22. The Morgan fingerprint density at radius 3 is 2.39 bits per heavy atom. The van der Waals surface area contributed by atoms with E-state index in [1.807, 2.05) is 26.2 Å². The van der Waals surface area contributed by atoms with Crippen LogP contribution in [0.5, 0.6) is 0 Å². The van der Waals surface area contributed by atoms with E-state index in [1.165, 1.54) is 64.3 Å². The largest absolute Gasteiger partial charge is 0.362 e. The normalized spacial score (nSPS) is 23.2. The third-order valence-electron chi connectivity index (χ3n) is 6.53. The maximum atomic E-state index is 4.80. The summed E-state index contributed by atoms with van der Waals surface area (Å²) in [6.45, 7) is 1.20. The lowest BCUT2D eigenvalue weighted by Gasteiger charge is -2.30. The van der Waals surface area contributed by atoms with E-state index in [-0.39, 0.29) is 0 Å². The summed E-state index contributed by atoms with van der Waals surface area (Å²) in [5.41, 5.74) is 1.01. The minimum atomic E-state index is 0.476. The number of para-hydroxylation sites is 1. The Bertz CT molecular complexity index is 761. The summed E-state index contributed by atoms with van der Waals surface area (Å²) in [6, 6.07) is 9.42. The monoisotopic (exact) mass is 381 g/mol. The smallest absolute Gasteiger partial charge is 0.225 e. The van der Waals surface area contributed by atoms with Crippen molar-refractivity contribution in [1.29, 1.82) is 0 Å². The SMILES string of the molecule is CN(C)c1nc(NC2CCC(NCCC3CCCC3)CC2)nc2ccccc12. The van der Waals surface area contributed by atoms with Gasteiger partial charge in [0.15, 0.2) is 0 Å². The summed E-state index contributed by atoms with van der Waals surface area (Å²) in [6.07, 6.45) is 12.1. The third kappa shape index (κ3) is 4.75. The first-order valence-electron chi connectivity index (χ1n) is 11.1. The highest BCUT2D eigenvalue weighted by Gasteiger charge is 2.22. The fraction of sp³-hybridized carbons (Fsp3) is 0.652. The predicted octanol–water partition coefficient (Wildman–Crippen LogP) is 4.59. The molecule has 0 amide bonds. The second-order valence-electron chi connectivity index (χ2n) is 8.87. The summed E-state index contributed by atoms with van der Waals surface area (Å²) in [5, 5.41) is 8.53.